The van der Waals surface area contributed by atoms with Crippen LogP contribution >= 0.6 is 0 Å². The topological polar surface area (TPSA) is 102 Å². The quantitative estimate of drug-likeness (QED) is 0.600. The predicted octanol–water partition coefficient (Wildman–Crippen LogP) is 0.938. The minimum Gasteiger partial charge on any atom is -0.481 e. The molecule has 0 aliphatic rings. The summed E-state index contributed by atoms with van der Waals surface area (Å²) in [6.45, 7) is 2.00. The van der Waals surface area contributed by atoms with Crippen molar-refractivity contribution in [2.24, 2.45) is 7.05 Å². The third-order valence-corrected chi connectivity index (χ3v) is 2.59. The maximum Gasteiger partial charge on any atom is 0.333 e. The minimum absolute atomic E-state index is 0.0321. The van der Waals surface area contributed by atoms with Crippen LogP contribution in [0.5, 0.6) is 0 Å². The molecule has 0 unspecified atom stereocenters. The van der Waals surface area contributed by atoms with Crippen molar-refractivity contribution in [3.8, 4) is 0 Å². The van der Waals surface area contributed by atoms with Crippen molar-refractivity contribution in [2.45, 2.75) is 19.8 Å². The second-order valence-corrected chi connectivity index (χ2v) is 4.06. The molecule has 0 spiro atoms. The summed E-state index contributed by atoms with van der Waals surface area (Å²) in [4.78, 5) is 22.6. The second-order valence-electron chi connectivity index (χ2n) is 4.06. The number of anilines is 1. The van der Waals surface area contributed by atoms with Crippen LogP contribution in [0.2, 0.25) is 0 Å². The molecule has 0 radical (unpaired) electrons. The first kappa shape index (κ1) is 13.9. The average Bonchev–Trinajstić information content (AvgIpc) is 2.52. The van der Waals surface area contributed by atoms with Crippen molar-refractivity contribution in [3.63, 3.8) is 0 Å². The first-order chi connectivity index (χ1) is 8.34. The highest BCUT2D eigenvalue weighted by Crippen LogP contribution is 2.30. The summed E-state index contributed by atoms with van der Waals surface area (Å²) in [5.41, 5.74) is 0.318. The highest BCUT2D eigenvalue weighted by Gasteiger charge is 2.26. The predicted molar refractivity (Wildman–Crippen MR) is 64.7 cm³/mol. The van der Waals surface area contributed by atoms with Gasteiger partial charge in [0.25, 0.3) is 0 Å². The van der Waals surface area contributed by atoms with Gasteiger partial charge in [0.2, 0.25) is 5.82 Å². The number of carboxylic acid groups (broad SMARTS) is 1. The summed E-state index contributed by atoms with van der Waals surface area (Å²) in [5, 5.41) is 23.5. The van der Waals surface area contributed by atoms with E-state index in [0.29, 0.717) is 24.5 Å². The Morgan fingerprint density at radius 2 is 2.22 bits per heavy atom. The van der Waals surface area contributed by atoms with Crippen LogP contribution < -0.4 is 4.90 Å². The number of hydrogen-bond acceptors (Lipinski definition) is 5. The molecule has 0 atom stereocenters. The molecular formula is C10H16N4O4. The van der Waals surface area contributed by atoms with E-state index in [-0.39, 0.29) is 12.1 Å². The Labute approximate surface area is 104 Å². The van der Waals surface area contributed by atoms with Gasteiger partial charge in [0.1, 0.15) is 5.69 Å². The first-order valence-electron chi connectivity index (χ1n) is 5.45. The Hall–Kier alpha value is -2.12. The molecule has 1 heterocycles. The lowest BCUT2D eigenvalue weighted by atomic mass is 10.3. The molecule has 1 N–H and O–H groups in total. The Morgan fingerprint density at radius 1 is 1.61 bits per heavy atom. The van der Waals surface area contributed by atoms with Crippen LogP contribution in [0.3, 0.4) is 0 Å². The highest BCUT2D eigenvalue weighted by molar-refractivity contribution is 5.66. The summed E-state index contributed by atoms with van der Waals surface area (Å²) in [6.07, 6.45) is 0.461. The van der Waals surface area contributed by atoms with Gasteiger partial charge in [-0.1, -0.05) is 0 Å². The van der Waals surface area contributed by atoms with Crippen molar-refractivity contribution in [1.82, 2.24) is 9.78 Å². The molecule has 0 aliphatic carbocycles. The molecule has 18 heavy (non-hydrogen) atoms. The number of aliphatic carboxylic acids is 1. The summed E-state index contributed by atoms with van der Waals surface area (Å²) in [5.74, 6) is -0.484. The molecule has 8 heteroatoms. The van der Waals surface area contributed by atoms with Gasteiger partial charge in [-0.25, -0.2) is 4.68 Å². The van der Waals surface area contributed by atoms with Crippen LogP contribution in [-0.2, 0) is 11.8 Å². The summed E-state index contributed by atoms with van der Waals surface area (Å²) >= 11 is 0. The lowest BCUT2D eigenvalue weighted by Crippen LogP contribution is -2.22. The van der Waals surface area contributed by atoms with Gasteiger partial charge in [-0.05, 0) is 13.3 Å². The molecule has 0 bridgehead atoms. The van der Waals surface area contributed by atoms with E-state index in [4.69, 9.17) is 5.11 Å². The van der Waals surface area contributed by atoms with Crippen LogP contribution in [0.25, 0.3) is 0 Å². The van der Waals surface area contributed by atoms with Crippen LogP contribution in [-0.4, -0.2) is 39.4 Å². The van der Waals surface area contributed by atoms with E-state index in [2.05, 4.69) is 5.10 Å². The fourth-order valence-corrected chi connectivity index (χ4v) is 1.85. The fraction of sp³-hybridized carbons (Fsp3) is 0.600. The number of aryl methyl sites for hydroxylation is 2. The third-order valence-electron chi connectivity index (χ3n) is 2.59. The van der Waals surface area contributed by atoms with Crippen LogP contribution in [0.4, 0.5) is 11.5 Å². The van der Waals surface area contributed by atoms with Gasteiger partial charge in [0.05, 0.1) is 4.92 Å². The maximum atomic E-state index is 11.0. The standard InChI is InChI=1S/C10H16N4O4/c1-7-9(14(17)18)10(13(3)11-7)12(2)6-4-5-8(15)16/h4-6H2,1-3H3,(H,15,16). The maximum absolute atomic E-state index is 11.0. The van der Waals surface area contributed by atoms with E-state index >= 15 is 0 Å². The van der Waals surface area contributed by atoms with Gasteiger partial charge < -0.3 is 10.0 Å². The molecule has 0 fully saturated rings. The molecule has 0 aliphatic heterocycles. The van der Waals surface area contributed by atoms with E-state index < -0.39 is 10.9 Å². The molecule has 8 nitrogen and oxygen atoms in total. The Bertz CT molecular complexity index is 469. The SMILES string of the molecule is Cc1nn(C)c(N(C)CCCC(=O)O)c1[N+](=O)[O-]. The zero-order valence-electron chi connectivity index (χ0n) is 10.6. The van der Waals surface area contributed by atoms with Gasteiger partial charge in [-0.2, -0.15) is 5.10 Å². The van der Waals surface area contributed by atoms with Crippen LogP contribution in [0, 0.1) is 17.0 Å². The number of carbonyl (C=O) groups is 1. The van der Waals surface area contributed by atoms with Crippen LogP contribution in [0.1, 0.15) is 18.5 Å². The number of nitro groups is 1. The van der Waals surface area contributed by atoms with Gasteiger partial charge in [0.15, 0.2) is 0 Å². The van der Waals surface area contributed by atoms with E-state index in [1.54, 1.807) is 25.9 Å². The van der Waals surface area contributed by atoms with E-state index in [0.717, 1.165) is 0 Å². The zero-order valence-corrected chi connectivity index (χ0v) is 10.6. The van der Waals surface area contributed by atoms with Crippen molar-refractivity contribution in [3.05, 3.63) is 15.8 Å². The van der Waals surface area contributed by atoms with Gasteiger partial charge in [0, 0.05) is 27.1 Å². The van der Waals surface area contributed by atoms with Crippen molar-refractivity contribution < 1.29 is 14.8 Å². The number of hydrogen-bond donors (Lipinski definition) is 1. The molecular weight excluding hydrogens is 240 g/mol. The molecule has 0 saturated carbocycles. The molecule has 0 saturated heterocycles. The molecule has 1 aromatic heterocycles. The van der Waals surface area contributed by atoms with Crippen LogP contribution in [0.15, 0.2) is 0 Å². The van der Waals surface area contributed by atoms with Crippen molar-refractivity contribution in [1.29, 1.82) is 0 Å². The third kappa shape index (κ3) is 2.96. The molecule has 1 aromatic rings. The molecule has 0 aromatic carbocycles. The summed E-state index contributed by atoms with van der Waals surface area (Å²) in [6, 6.07) is 0. The lowest BCUT2D eigenvalue weighted by molar-refractivity contribution is -0.384. The molecule has 0 amide bonds. The van der Waals surface area contributed by atoms with Crippen molar-refractivity contribution >= 4 is 17.5 Å². The van der Waals surface area contributed by atoms with E-state index in [9.17, 15) is 14.9 Å². The normalized spacial score (nSPS) is 10.4. The van der Waals surface area contributed by atoms with Gasteiger partial charge in [-0.3, -0.25) is 14.9 Å². The highest BCUT2D eigenvalue weighted by atomic mass is 16.6. The van der Waals surface area contributed by atoms with Gasteiger partial charge >= 0.3 is 11.7 Å². The lowest BCUT2D eigenvalue weighted by Gasteiger charge is -2.17. The Morgan fingerprint density at radius 3 is 2.72 bits per heavy atom. The number of nitrogens with zero attached hydrogens (tertiary/aromatic N) is 4. The molecule has 100 valence electrons. The summed E-state index contributed by atoms with van der Waals surface area (Å²) < 4.78 is 1.44. The van der Waals surface area contributed by atoms with Crippen molar-refractivity contribution in [2.75, 3.05) is 18.5 Å². The molecule has 1 rings (SSSR count). The zero-order chi connectivity index (χ0) is 13.9. The smallest absolute Gasteiger partial charge is 0.333 e. The fourth-order valence-electron chi connectivity index (χ4n) is 1.85. The average molecular weight is 256 g/mol. The number of rotatable bonds is 6. The monoisotopic (exact) mass is 256 g/mol. The number of carboxylic acids is 1. The van der Waals surface area contributed by atoms with Gasteiger partial charge in [-0.15, -0.1) is 0 Å². The largest absolute Gasteiger partial charge is 0.481 e. The Kier molecular flexibility index (Phi) is 4.24. The number of aromatic nitrogens is 2. The summed E-state index contributed by atoms with van der Waals surface area (Å²) in [7, 11) is 3.31. The second kappa shape index (κ2) is 5.48. The van der Waals surface area contributed by atoms with E-state index in [1.807, 2.05) is 0 Å². The Balaban J connectivity index is 2.88. The van der Waals surface area contributed by atoms with E-state index in [1.165, 1.54) is 4.68 Å². The first-order valence-corrected chi connectivity index (χ1v) is 5.45. The minimum atomic E-state index is -0.876.